The Morgan fingerprint density at radius 3 is 2.59 bits per heavy atom. The quantitative estimate of drug-likeness (QED) is 0.910. The molecule has 0 radical (unpaired) electrons. The summed E-state index contributed by atoms with van der Waals surface area (Å²) < 4.78 is 40.6. The van der Waals surface area contributed by atoms with Crippen LogP contribution in [0.2, 0.25) is 5.02 Å². The molecule has 22 heavy (non-hydrogen) atoms. The zero-order valence-corrected chi connectivity index (χ0v) is 13.8. The van der Waals surface area contributed by atoms with Gasteiger partial charge in [-0.3, -0.25) is 0 Å². The van der Waals surface area contributed by atoms with Crippen molar-refractivity contribution in [3.63, 3.8) is 0 Å². The van der Waals surface area contributed by atoms with Gasteiger partial charge in [-0.15, -0.1) is 0 Å². The van der Waals surface area contributed by atoms with Crippen LogP contribution in [0.1, 0.15) is 37.0 Å². The van der Waals surface area contributed by atoms with Gasteiger partial charge in [-0.25, -0.2) is 17.6 Å². The second-order valence-electron chi connectivity index (χ2n) is 5.66. The number of piperidine rings is 1. The van der Waals surface area contributed by atoms with Gasteiger partial charge in [-0.05, 0) is 37.8 Å². The van der Waals surface area contributed by atoms with Crippen molar-refractivity contribution in [3.05, 3.63) is 28.5 Å². The summed E-state index contributed by atoms with van der Waals surface area (Å²) in [4.78, 5) is 10.4. The smallest absolute Gasteiger partial charge is 0.337 e. The van der Waals surface area contributed by atoms with E-state index < -0.39 is 32.3 Å². The Kier molecular flexibility index (Phi) is 4.79. The van der Waals surface area contributed by atoms with E-state index in [-0.39, 0.29) is 17.6 Å². The third-order valence-corrected chi connectivity index (χ3v) is 6.26. The number of halogens is 2. The van der Waals surface area contributed by atoms with Crippen LogP contribution < -0.4 is 0 Å². The molecule has 5 nitrogen and oxygen atoms in total. The number of carboxylic acid groups (broad SMARTS) is 1. The van der Waals surface area contributed by atoms with Crippen molar-refractivity contribution in [1.82, 2.24) is 4.31 Å². The molecule has 1 fully saturated rings. The van der Waals surface area contributed by atoms with Crippen molar-refractivity contribution >= 4 is 27.6 Å². The van der Waals surface area contributed by atoms with Crippen LogP contribution >= 0.6 is 11.6 Å². The van der Waals surface area contributed by atoms with Crippen LogP contribution in [0.25, 0.3) is 0 Å². The molecule has 122 valence electrons. The SMILES string of the molecule is CC1CCN(S(=O)(=O)c2cc(C(=O)O)c(Cl)cc2F)C(C)C1. The van der Waals surface area contributed by atoms with E-state index in [2.05, 4.69) is 0 Å². The molecule has 1 saturated heterocycles. The Morgan fingerprint density at radius 1 is 1.41 bits per heavy atom. The fourth-order valence-electron chi connectivity index (χ4n) is 2.76. The van der Waals surface area contributed by atoms with Gasteiger partial charge in [-0.2, -0.15) is 4.31 Å². The highest BCUT2D eigenvalue weighted by atomic mass is 35.5. The predicted octanol–water partition coefficient (Wildman–Crippen LogP) is 2.99. The summed E-state index contributed by atoms with van der Waals surface area (Å²) in [6.07, 6.45) is 1.37. The van der Waals surface area contributed by atoms with E-state index in [1.807, 2.05) is 6.92 Å². The van der Waals surface area contributed by atoms with Gasteiger partial charge in [0.1, 0.15) is 10.7 Å². The Bertz CT molecular complexity index is 707. The molecule has 0 aromatic heterocycles. The van der Waals surface area contributed by atoms with Crippen LogP contribution in [0.4, 0.5) is 4.39 Å². The average Bonchev–Trinajstić information content (AvgIpc) is 2.37. The molecule has 1 aromatic carbocycles. The van der Waals surface area contributed by atoms with Crippen LogP contribution in [-0.2, 0) is 10.0 Å². The first-order valence-corrected chi connectivity index (χ1v) is 8.70. The Labute approximate surface area is 133 Å². The molecule has 0 saturated carbocycles. The first kappa shape index (κ1) is 17.2. The summed E-state index contributed by atoms with van der Waals surface area (Å²) in [6.45, 7) is 4.08. The molecule has 1 aliphatic heterocycles. The Balaban J connectivity index is 2.50. The molecular formula is C14H17ClFNO4S. The normalized spacial score (nSPS) is 23.5. The second-order valence-corrected chi connectivity index (χ2v) is 7.93. The van der Waals surface area contributed by atoms with Crippen molar-refractivity contribution in [3.8, 4) is 0 Å². The van der Waals surface area contributed by atoms with Crippen molar-refractivity contribution in [2.24, 2.45) is 5.92 Å². The monoisotopic (exact) mass is 349 g/mol. The van der Waals surface area contributed by atoms with Gasteiger partial charge in [0.25, 0.3) is 0 Å². The van der Waals surface area contributed by atoms with Gasteiger partial charge >= 0.3 is 5.97 Å². The number of aromatic carboxylic acids is 1. The van der Waals surface area contributed by atoms with E-state index in [0.717, 1.165) is 12.1 Å². The maximum Gasteiger partial charge on any atom is 0.337 e. The lowest BCUT2D eigenvalue weighted by molar-refractivity contribution is 0.0696. The molecule has 1 N–H and O–H groups in total. The molecule has 2 unspecified atom stereocenters. The summed E-state index contributed by atoms with van der Waals surface area (Å²) in [7, 11) is -4.10. The molecular weight excluding hydrogens is 333 g/mol. The molecule has 1 heterocycles. The largest absolute Gasteiger partial charge is 0.478 e. The van der Waals surface area contributed by atoms with Gasteiger partial charge in [0.05, 0.1) is 10.6 Å². The van der Waals surface area contributed by atoms with Crippen LogP contribution in [0.15, 0.2) is 17.0 Å². The zero-order chi connectivity index (χ0) is 16.7. The third kappa shape index (κ3) is 3.11. The number of sulfonamides is 1. The molecule has 2 atom stereocenters. The Morgan fingerprint density at radius 2 is 2.05 bits per heavy atom. The summed E-state index contributed by atoms with van der Waals surface area (Å²) >= 11 is 5.65. The van der Waals surface area contributed by atoms with Crippen LogP contribution in [-0.4, -0.2) is 36.4 Å². The number of hydrogen-bond acceptors (Lipinski definition) is 3. The topological polar surface area (TPSA) is 74.7 Å². The van der Waals surface area contributed by atoms with E-state index in [1.54, 1.807) is 6.92 Å². The summed E-state index contributed by atoms with van der Waals surface area (Å²) in [5.74, 6) is -2.05. The maximum absolute atomic E-state index is 14.1. The minimum atomic E-state index is -4.10. The van der Waals surface area contributed by atoms with E-state index in [4.69, 9.17) is 16.7 Å². The predicted molar refractivity (Wildman–Crippen MR) is 80.1 cm³/mol. The second kappa shape index (κ2) is 6.14. The summed E-state index contributed by atoms with van der Waals surface area (Å²) in [6, 6.07) is 1.26. The number of carbonyl (C=O) groups is 1. The highest BCUT2D eigenvalue weighted by Gasteiger charge is 2.35. The molecule has 2 rings (SSSR count). The molecule has 1 aliphatic rings. The van der Waals surface area contributed by atoms with E-state index in [0.29, 0.717) is 18.8 Å². The zero-order valence-electron chi connectivity index (χ0n) is 12.2. The molecule has 0 amide bonds. The lowest BCUT2D eigenvalue weighted by atomic mass is 9.95. The first-order valence-electron chi connectivity index (χ1n) is 6.88. The van der Waals surface area contributed by atoms with Crippen molar-refractivity contribution in [2.75, 3.05) is 6.54 Å². The number of benzene rings is 1. The van der Waals surface area contributed by atoms with Gasteiger partial charge < -0.3 is 5.11 Å². The fourth-order valence-corrected chi connectivity index (χ4v) is 4.72. The minimum absolute atomic E-state index is 0.267. The highest BCUT2D eigenvalue weighted by molar-refractivity contribution is 7.89. The lowest BCUT2D eigenvalue weighted by Gasteiger charge is -2.35. The number of rotatable bonds is 3. The lowest BCUT2D eigenvalue weighted by Crippen LogP contribution is -2.44. The standard InChI is InChI=1S/C14H17ClFNO4S/c1-8-3-4-17(9(2)5-8)22(20,21)13-6-10(14(18)19)11(15)7-12(13)16/h6-9H,3-5H2,1-2H3,(H,18,19). The number of nitrogens with zero attached hydrogens (tertiary/aromatic N) is 1. The number of hydrogen-bond donors (Lipinski definition) is 1. The average molecular weight is 350 g/mol. The van der Waals surface area contributed by atoms with Crippen molar-refractivity contribution in [1.29, 1.82) is 0 Å². The molecule has 0 bridgehead atoms. The molecule has 0 aliphatic carbocycles. The molecule has 1 aromatic rings. The summed E-state index contributed by atoms with van der Waals surface area (Å²) in [5.41, 5.74) is -0.431. The first-order chi connectivity index (χ1) is 10.1. The van der Waals surface area contributed by atoms with Crippen molar-refractivity contribution in [2.45, 2.75) is 37.6 Å². The van der Waals surface area contributed by atoms with Crippen LogP contribution in [0, 0.1) is 11.7 Å². The third-order valence-electron chi connectivity index (χ3n) is 3.92. The van der Waals surface area contributed by atoms with Crippen LogP contribution in [0.3, 0.4) is 0 Å². The van der Waals surface area contributed by atoms with Crippen LogP contribution in [0.5, 0.6) is 0 Å². The Hall–Kier alpha value is -1.18. The fraction of sp³-hybridized carbons (Fsp3) is 0.500. The summed E-state index contributed by atoms with van der Waals surface area (Å²) in [5, 5.41) is 8.70. The molecule has 0 spiro atoms. The van der Waals surface area contributed by atoms with Gasteiger partial charge in [-0.1, -0.05) is 18.5 Å². The number of carboxylic acids is 1. The highest BCUT2D eigenvalue weighted by Crippen LogP contribution is 2.31. The van der Waals surface area contributed by atoms with Gasteiger partial charge in [0, 0.05) is 12.6 Å². The maximum atomic E-state index is 14.1. The van der Waals surface area contributed by atoms with E-state index in [9.17, 15) is 17.6 Å². The minimum Gasteiger partial charge on any atom is -0.478 e. The molecule has 8 heteroatoms. The van der Waals surface area contributed by atoms with Gasteiger partial charge in [0.2, 0.25) is 10.0 Å². The van der Waals surface area contributed by atoms with Crippen molar-refractivity contribution < 1.29 is 22.7 Å². The van der Waals surface area contributed by atoms with E-state index in [1.165, 1.54) is 4.31 Å². The van der Waals surface area contributed by atoms with Gasteiger partial charge in [0.15, 0.2) is 0 Å². The van der Waals surface area contributed by atoms with E-state index >= 15 is 0 Å².